The van der Waals surface area contributed by atoms with Crippen molar-refractivity contribution in [1.29, 1.82) is 0 Å². The molecule has 6 nitrogen and oxygen atoms in total. The number of ether oxygens (including phenoxy) is 1. The predicted molar refractivity (Wildman–Crippen MR) is 137 cm³/mol. The lowest BCUT2D eigenvalue weighted by atomic mass is 9.81. The molecule has 3 fully saturated rings. The zero-order valence-corrected chi connectivity index (χ0v) is 20.5. The number of hydrogen-bond acceptors (Lipinski definition) is 3. The van der Waals surface area contributed by atoms with E-state index in [-0.39, 0.29) is 11.8 Å². The smallest absolute Gasteiger partial charge is 0.335 e. The van der Waals surface area contributed by atoms with Crippen LogP contribution in [0.15, 0.2) is 42.5 Å². The Morgan fingerprint density at radius 3 is 2.56 bits per heavy atom. The van der Waals surface area contributed by atoms with Gasteiger partial charge in [-0.15, -0.1) is 0 Å². The predicted octanol–water partition coefficient (Wildman–Crippen LogP) is 5.40. The number of aromatic carboxylic acids is 1. The van der Waals surface area contributed by atoms with E-state index in [2.05, 4.69) is 28.8 Å². The summed E-state index contributed by atoms with van der Waals surface area (Å²) in [5, 5.41) is 11.0. The summed E-state index contributed by atoms with van der Waals surface area (Å²) in [6.45, 7) is 3.07. The highest BCUT2D eigenvalue weighted by Gasteiger charge is 2.63. The maximum absolute atomic E-state index is 14.1. The first-order valence-electron chi connectivity index (χ1n) is 13.4. The second kappa shape index (κ2) is 8.20. The third-order valence-electron chi connectivity index (χ3n) is 9.20. The maximum Gasteiger partial charge on any atom is 0.335 e. The molecule has 2 atom stereocenters. The molecule has 1 amide bonds. The molecule has 1 aromatic heterocycles. The van der Waals surface area contributed by atoms with Gasteiger partial charge in [0.25, 0.3) is 0 Å². The van der Waals surface area contributed by atoms with Crippen LogP contribution in [0.4, 0.5) is 0 Å². The van der Waals surface area contributed by atoms with Crippen LogP contribution in [0, 0.1) is 5.41 Å². The van der Waals surface area contributed by atoms with Gasteiger partial charge in [-0.3, -0.25) is 4.79 Å². The Kier molecular flexibility index (Phi) is 5.04. The minimum atomic E-state index is -0.913. The summed E-state index contributed by atoms with van der Waals surface area (Å²) in [5.74, 6) is -0.0274. The van der Waals surface area contributed by atoms with Crippen molar-refractivity contribution < 1.29 is 19.4 Å². The average molecular weight is 485 g/mol. The monoisotopic (exact) mass is 484 g/mol. The molecule has 2 saturated carbocycles. The fourth-order valence-electron chi connectivity index (χ4n) is 7.34. The molecule has 3 heterocycles. The molecule has 0 bridgehead atoms. The van der Waals surface area contributed by atoms with E-state index in [0.29, 0.717) is 44.3 Å². The number of rotatable bonds is 3. The lowest BCUT2D eigenvalue weighted by Crippen LogP contribution is -2.45. The van der Waals surface area contributed by atoms with Crippen LogP contribution >= 0.6 is 0 Å². The van der Waals surface area contributed by atoms with E-state index in [4.69, 9.17) is 4.74 Å². The van der Waals surface area contributed by atoms with Crippen LogP contribution < -0.4 is 0 Å². The number of hydrogen-bond donors (Lipinski definition) is 1. The number of amides is 1. The Labute approximate surface area is 210 Å². The molecule has 186 valence electrons. The second-order valence-electron chi connectivity index (χ2n) is 11.1. The van der Waals surface area contributed by atoms with Crippen LogP contribution in [-0.2, 0) is 16.1 Å². The quantitative estimate of drug-likeness (QED) is 0.540. The van der Waals surface area contributed by atoms with E-state index < -0.39 is 11.4 Å². The van der Waals surface area contributed by atoms with E-state index in [1.165, 1.54) is 41.6 Å². The molecule has 1 N–H and O–H groups in total. The van der Waals surface area contributed by atoms with Gasteiger partial charge < -0.3 is 19.3 Å². The topological polar surface area (TPSA) is 71.8 Å². The first-order valence-corrected chi connectivity index (χ1v) is 13.4. The zero-order valence-electron chi connectivity index (χ0n) is 20.5. The first-order chi connectivity index (χ1) is 17.6. The summed E-state index contributed by atoms with van der Waals surface area (Å²) < 4.78 is 7.86. The van der Waals surface area contributed by atoms with E-state index in [1.54, 1.807) is 6.07 Å². The highest BCUT2D eigenvalue weighted by atomic mass is 16.5. The lowest BCUT2D eigenvalue weighted by Gasteiger charge is -2.31. The van der Waals surface area contributed by atoms with Gasteiger partial charge in [0.15, 0.2) is 0 Å². The molecule has 0 spiro atoms. The molecule has 4 aliphatic rings. The Balaban J connectivity index is 1.47. The van der Waals surface area contributed by atoms with Crippen molar-refractivity contribution in [2.75, 3.05) is 26.3 Å². The van der Waals surface area contributed by atoms with Crippen molar-refractivity contribution in [2.45, 2.75) is 56.9 Å². The van der Waals surface area contributed by atoms with E-state index in [1.807, 2.05) is 17.0 Å². The number of benzene rings is 2. The third-order valence-corrected chi connectivity index (χ3v) is 9.20. The van der Waals surface area contributed by atoms with Gasteiger partial charge in [-0.2, -0.15) is 0 Å². The molecule has 2 unspecified atom stereocenters. The van der Waals surface area contributed by atoms with Crippen molar-refractivity contribution >= 4 is 22.8 Å². The third kappa shape index (κ3) is 3.20. The van der Waals surface area contributed by atoms with Crippen molar-refractivity contribution in [3.8, 4) is 11.3 Å². The number of carboxylic acids is 1. The number of morpholine rings is 1. The lowest BCUT2D eigenvalue weighted by molar-refractivity contribution is -0.141. The van der Waals surface area contributed by atoms with Gasteiger partial charge in [-0.05, 0) is 48.4 Å². The molecular weight excluding hydrogens is 452 g/mol. The largest absolute Gasteiger partial charge is 0.478 e. The van der Waals surface area contributed by atoms with Crippen LogP contribution in [0.3, 0.4) is 0 Å². The molecule has 7 rings (SSSR count). The Bertz CT molecular complexity index is 1380. The number of carboxylic acid groups (broad SMARTS) is 1. The summed E-state index contributed by atoms with van der Waals surface area (Å²) in [4.78, 5) is 28.0. The fourth-order valence-corrected chi connectivity index (χ4v) is 7.34. The van der Waals surface area contributed by atoms with Gasteiger partial charge in [0.1, 0.15) is 0 Å². The molecule has 6 heteroatoms. The molecule has 1 saturated heterocycles. The number of fused-ring (bicyclic) bond motifs is 7. The number of aromatic nitrogens is 1. The van der Waals surface area contributed by atoms with Gasteiger partial charge in [-0.25, -0.2) is 4.79 Å². The Morgan fingerprint density at radius 2 is 1.78 bits per heavy atom. The molecular formula is C30H32N2O4. The number of carbonyl (C=O) groups is 2. The van der Waals surface area contributed by atoms with Crippen LogP contribution in [0.5, 0.6) is 0 Å². The maximum atomic E-state index is 14.1. The highest BCUT2D eigenvalue weighted by molar-refractivity contribution is 5.99. The van der Waals surface area contributed by atoms with E-state index in [9.17, 15) is 14.7 Å². The summed E-state index contributed by atoms with van der Waals surface area (Å²) in [7, 11) is 0. The standard InChI is InChI=1S/C30H32N2O4/c33-28(34)20-10-11-23-25(16-20)32-18-30(29(35)31-12-14-36-15-13-31)17-24(30)21-8-4-5-9-22(21)27(32)26(23)19-6-2-1-3-7-19/h4-5,8-11,16,19,24H,1-3,6-7,12-15,17-18H2,(H,33,34). The van der Waals surface area contributed by atoms with Crippen LogP contribution in [-0.4, -0.2) is 52.8 Å². The molecule has 2 aliphatic carbocycles. The van der Waals surface area contributed by atoms with Crippen molar-refractivity contribution in [3.05, 3.63) is 59.2 Å². The van der Waals surface area contributed by atoms with Gasteiger partial charge >= 0.3 is 5.97 Å². The van der Waals surface area contributed by atoms with E-state index in [0.717, 1.165) is 30.2 Å². The van der Waals surface area contributed by atoms with Gasteiger partial charge in [0, 0.05) is 42.0 Å². The molecule has 36 heavy (non-hydrogen) atoms. The van der Waals surface area contributed by atoms with Crippen molar-refractivity contribution in [2.24, 2.45) is 5.41 Å². The number of carbonyl (C=O) groups excluding carboxylic acids is 1. The Morgan fingerprint density at radius 1 is 1.00 bits per heavy atom. The van der Waals surface area contributed by atoms with Crippen LogP contribution in [0.2, 0.25) is 0 Å². The fraction of sp³-hybridized carbons (Fsp3) is 0.467. The van der Waals surface area contributed by atoms with Gasteiger partial charge in [0.2, 0.25) is 5.91 Å². The summed E-state index contributed by atoms with van der Waals surface area (Å²) >= 11 is 0. The minimum Gasteiger partial charge on any atom is -0.478 e. The Hall–Kier alpha value is -3.12. The second-order valence-corrected chi connectivity index (χ2v) is 11.1. The summed E-state index contributed by atoms with van der Waals surface area (Å²) in [6.07, 6.45) is 6.91. The normalized spacial score (nSPS) is 25.6. The zero-order chi connectivity index (χ0) is 24.4. The SMILES string of the molecule is O=C(O)c1ccc2c(C3CCCCC3)c3n(c2c1)CC1(C(=O)N2CCOCC2)CC1c1ccccc1-3. The minimum absolute atomic E-state index is 0.195. The van der Waals surface area contributed by atoms with Crippen LogP contribution in [0.1, 0.15) is 71.8 Å². The highest BCUT2D eigenvalue weighted by Crippen LogP contribution is 2.65. The number of nitrogens with zero attached hydrogens (tertiary/aromatic N) is 2. The van der Waals surface area contributed by atoms with Crippen molar-refractivity contribution in [1.82, 2.24) is 9.47 Å². The summed E-state index contributed by atoms with van der Waals surface area (Å²) in [5.41, 5.74) is 5.87. The van der Waals surface area contributed by atoms with Gasteiger partial charge in [-0.1, -0.05) is 49.6 Å². The molecule has 2 aliphatic heterocycles. The summed E-state index contributed by atoms with van der Waals surface area (Å²) in [6, 6.07) is 14.2. The van der Waals surface area contributed by atoms with Crippen molar-refractivity contribution in [3.63, 3.8) is 0 Å². The average Bonchev–Trinajstić information content (AvgIpc) is 3.59. The first kappa shape index (κ1) is 22.1. The molecule has 3 aromatic rings. The van der Waals surface area contributed by atoms with Crippen LogP contribution in [0.25, 0.3) is 22.2 Å². The molecule has 2 aromatic carbocycles. The van der Waals surface area contributed by atoms with E-state index >= 15 is 0 Å². The van der Waals surface area contributed by atoms with Gasteiger partial charge in [0.05, 0.1) is 29.9 Å². The molecule has 0 radical (unpaired) electrons.